The highest BCUT2D eigenvalue weighted by molar-refractivity contribution is 6.02. The summed E-state index contributed by atoms with van der Waals surface area (Å²) in [6, 6.07) is 9.00. The summed E-state index contributed by atoms with van der Waals surface area (Å²) in [4.78, 5) is 13.6. The summed E-state index contributed by atoms with van der Waals surface area (Å²) >= 11 is 0. The van der Waals surface area contributed by atoms with Crippen molar-refractivity contribution in [1.82, 2.24) is 30.4 Å². The lowest BCUT2D eigenvalue weighted by Crippen LogP contribution is -2.51. The van der Waals surface area contributed by atoms with Gasteiger partial charge in [0.2, 0.25) is 0 Å². The van der Waals surface area contributed by atoms with Crippen LogP contribution in [0.25, 0.3) is 33.1 Å². The van der Waals surface area contributed by atoms with Crippen molar-refractivity contribution in [2.45, 2.75) is 55.9 Å². The van der Waals surface area contributed by atoms with Gasteiger partial charge in [0.05, 0.1) is 5.54 Å². The Labute approximate surface area is 247 Å². The fraction of sp³-hybridized carbons (Fsp3) is 0.438. The normalized spacial score (nSPS) is 26.7. The topological polar surface area (TPSA) is 99.5 Å². The molecule has 220 valence electrons. The Morgan fingerprint density at radius 3 is 2.77 bits per heavy atom. The van der Waals surface area contributed by atoms with Crippen molar-refractivity contribution in [3.8, 4) is 35.4 Å². The molecule has 0 radical (unpaired) electrons. The Kier molecular flexibility index (Phi) is 6.14. The predicted octanol–water partition coefficient (Wildman–Crippen LogP) is 3.96. The van der Waals surface area contributed by atoms with E-state index in [1.165, 1.54) is 6.07 Å². The monoisotopic (exact) mass is 583 g/mol. The number of anilines is 1. The Balaban J connectivity index is 1.27. The standard InChI is InChI=1S/C32H31F2N7O2/c1-2-18-5-3-6-19-11-23(42)12-24(25(18)19)27-26(34)28-29(39-38-27)30(40-15-21-7-8-22(16-40)35-21)37-31(36-28)43-17-32-9-4-10-41(32)14-20(33)13-32/h1,3,5-6,11-12,20-22,35,42H,4,7-10,13-17H2/t20-,21?,22?,32+/m1/s1. The van der Waals surface area contributed by atoms with E-state index in [0.717, 1.165) is 32.2 Å². The molecular formula is C32H31F2N7O2. The molecule has 4 aliphatic heterocycles. The molecule has 9 nitrogen and oxygen atoms in total. The molecule has 2 aromatic heterocycles. The van der Waals surface area contributed by atoms with Gasteiger partial charge in [-0.2, -0.15) is 9.97 Å². The Morgan fingerprint density at radius 2 is 1.95 bits per heavy atom. The smallest absolute Gasteiger partial charge is 0.319 e. The first-order valence-corrected chi connectivity index (χ1v) is 14.9. The summed E-state index contributed by atoms with van der Waals surface area (Å²) in [6.07, 6.45) is 9.23. The molecule has 4 saturated heterocycles. The van der Waals surface area contributed by atoms with Crippen molar-refractivity contribution in [2.24, 2.45) is 0 Å². The third-order valence-electron chi connectivity index (χ3n) is 9.63. The maximum atomic E-state index is 16.7. The Hall–Kier alpha value is -4.14. The fourth-order valence-electron chi connectivity index (χ4n) is 7.72. The van der Waals surface area contributed by atoms with Crippen LogP contribution in [0.2, 0.25) is 0 Å². The van der Waals surface area contributed by atoms with Crippen LogP contribution < -0.4 is 15.0 Å². The van der Waals surface area contributed by atoms with Crippen LogP contribution in [-0.2, 0) is 0 Å². The lowest BCUT2D eigenvalue weighted by atomic mass is 9.95. The maximum absolute atomic E-state index is 16.7. The minimum absolute atomic E-state index is 0.0267. The molecule has 4 atom stereocenters. The molecule has 0 saturated carbocycles. The quantitative estimate of drug-likeness (QED) is 0.338. The number of terminal acetylenes is 1. The number of phenolic OH excluding ortho intramolecular Hbond substituents is 1. The van der Waals surface area contributed by atoms with E-state index in [1.54, 1.807) is 24.3 Å². The second-order valence-corrected chi connectivity index (χ2v) is 12.3. The summed E-state index contributed by atoms with van der Waals surface area (Å²) in [6.45, 7) is 2.85. The third kappa shape index (κ3) is 4.34. The van der Waals surface area contributed by atoms with Crippen LogP contribution in [0.1, 0.15) is 37.7 Å². The first-order chi connectivity index (χ1) is 20.9. The molecule has 6 heterocycles. The highest BCUT2D eigenvalue weighted by Crippen LogP contribution is 2.41. The molecule has 2 unspecified atom stereocenters. The van der Waals surface area contributed by atoms with E-state index >= 15 is 4.39 Å². The number of aromatic nitrogens is 4. The van der Waals surface area contributed by atoms with Crippen LogP contribution in [0, 0.1) is 18.2 Å². The van der Waals surface area contributed by atoms with Crippen molar-refractivity contribution >= 4 is 27.6 Å². The first-order valence-electron chi connectivity index (χ1n) is 14.9. The molecule has 4 aromatic rings. The molecule has 0 spiro atoms. The molecule has 11 heteroatoms. The van der Waals surface area contributed by atoms with Crippen molar-refractivity contribution in [2.75, 3.05) is 37.7 Å². The number of piperazine rings is 1. The van der Waals surface area contributed by atoms with Crippen molar-refractivity contribution in [3.05, 3.63) is 41.7 Å². The van der Waals surface area contributed by atoms with Gasteiger partial charge in [-0.05, 0) is 55.8 Å². The van der Waals surface area contributed by atoms with Gasteiger partial charge in [-0.25, -0.2) is 8.78 Å². The lowest BCUT2D eigenvalue weighted by molar-refractivity contribution is 0.107. The zero-order valence-corrected chi connectivity index (χ0v) is 23.6. The average molecular weight is 584 g/mol. The van der Waals surface area contributed by atoms with Gasteiger partial charge >= 0.3 is 6.01 Å². The van der Waals surface area contributed by atoms with Gasteiger partial charge in [0, 0.05) is 54.7 Å². The van der Waals surface area contributed by atoms with E-state index in [2.05, 4.69) is 36.2 Å². The number of fused-ring (bicyclic) bond motifs is 5. The number of hydrogen-bond donors (Lipinski definition) is 2. The number of benzene rings is 2. The maximum Gasteiger partial charge on any atom is 0.319 e. The minimum atomic E-state index is -0.895. The molecule has 43 heavy (non-hydrogen) atoms. The first kappa shape index (κ1) is 26.5. The van der Waals surface area contributed by atoms with E-state index in [9.17, 15) is 9.50 Å². The van der Waals surface area contributed by atoms with E-state index in [0.29, 0.717) is 65.9 Å². The second-order valence-electron chi connectivity index (χ2n) is 12.3. The van der Waals surface area contributed by atoms with Crippen molar-refractivity contribution in [3.63, 3.8) is 0 Å². The van der Waals surface area contributed by atoms with Gasteiger partial charge in [-0.1, -0.05) is 18.1 Å². The zero-order valence-electron chi connectivity index (χ0n) is 23.6. The highest BCUT2D eigenvalue weighted by atomic mass is 19.1. The SMILES string of the molecule is C#Cc1cccc2cc(O)cc(-c3nnc4c(N5CC6CCC(C5)N6)nc(OC[C@@]56CCCN5C[C@H](F)C6)nc4c3F)c12. The second kappa shape index (κ2) is 9.96. The van der Waals surface area contributed by atoms with Crippen LogP contribution >= 0.6 is 0 Å². The summed E-state index contributed by atoms with van der Waals surface area (Å²) < 4.78 is 37.3. The summed E-state index contributed by atoms with van der Waals surface area (Å²) in [7, 11) is 0. The fourth-order valence-corrected chi connectivity index (χ4v) is 7.72. The van der Waals surface area contributed by atoms with Crippen LogP contribution in [0.3, 0.4) is 0 Å². The van der Waals surface area contributed by atoms with Gasteiger partial charge in [0.1, 0.15) is 29.7 Å². The highest BCUT2D eigenvalue weighted by Gasteiger charge is 2.49. The van der Waals surface area contributed by atoms with Crippen LogP contribution in [-0.4, -0.2) is 86.8 Å². The van der Waals surface area contributed by atoms with Crippen LogP contribution in [0.5, 0.6) is 11.8 Å². The van der Waals surface area contributed by atoms with Crippen molar-refractivity contribution in [1.29, 1.82) is 0 Å². The third-order valence-corrected chi connectivity index (χ3v) is 9.63. The molecule has 8 rings (SSSR count). The van der Waals surface area contributed by atoms with Crippen LogP contribution in [0.15, 0.2) is 30.3 Å². The van der Waals surface area contributed by atoms with E-state index in [4.69, 9.17) is 16.1 Å². The molecule has 4 fully saturated rings. The number of ether oxygens (including phenoxy) is 1. The zero-order chi connectivity index (χ0) is 29.3. The summed E-state index contributed by atoms with van der Waals surface area (Å²) in [5, 5.41) is 24.2. The number of halogens is 2. The Morgan fingerprint density at radius 1 is 1.12 bits per heavy atom. The summed E-state index contributed by atoms with van der Waals surface area (Å²) in [5.74, 6) is 2.37. The molecule has 2 aromatic carbocycles. The Bertz CT molecular complexity index is 1800. The molecule has 0 aliphatic carbocycles. The predicted molar refractivity (Wildman–Crippen MR) is 158 cm³/mol. The number of nitrogens with zero attached hydrogens (tertiary/aromatic N) is 6. The number of hydrogen-bond acceptors (Lipinski definition) is 9. The largest absolute Gasteiger partial charge is 0.508 e. The molecular weight excluding hydrogens is 552 g/mol. The van der Waals surface area contributed by atoms with E-state index < -0.39 is 17.5 Å². The van der Waals surface area contributed by atoms with Gasteiger partial charge in [0.25, 0.3) is 0 Å². The lowest BCUT2D eigenvalue weighted by Gasteiger charge is -2.34. The average Bonchev–Trinajstić information content (AvgIpc) is 3.65. The molecule has 4 aliphatic rings. The number of phenols is 1. The van der Waals surface area contributed by atoms with E-state index in [1.807, 2.05) is 0 Å². The van der Waals surface area contributed by atoms with Gasteiger partial charge in [0.15, 0.2) is 17.2 Å². The van der Waals surface area contributed by atoms with Crippen molar-refractivity contribution < 1.29 is 18.6 Å². The van der Waals surface area contributed by atoms with E-state index in [-0.39, 0.29) is 35.1 Å². The van der Waals surface area contributed by atoms with Gasteiger partial charge in [-0.3, -0.25) is 4.90 Å². The minimum Gasteiger partial charge on any atom is -0.508 e. The molecule has 2 bridgehead atoms. The van der Waals surface area contributed by atoms with Crippen LogP contribution in [0.4, 0.5) is 14.6 Å². The number of aromatic hydroxyl groups is 1. The molecule has 0 amide bonds. The van der Waals surface area contributed by atoms with Gasteiger partial charge < -0.3 is 20.1 Å². The number of alkyl halides is 1. The summed E-state index contributed by atoms with van der Waals surface area (Å²) in [5.41, 5.74) is 0.587. The van der Waals surface area contributed by atoms with Gasteiger partial charge in [-0.15, -0.1) is 16.6 Å². The number of nitrogens with one attached hydrogen (secondary N) is 1. The number of rotatable bonds is 5. The molecule has 2 N–H and O–H groups in total.